The molecule has 1 aliphatic heterocycles. The van der Waals surface area contributed by atoms with Gasteiger partial charge in [0.15, 0.2) is 0 Å². The number of fused-ring (bicyclic) bond motifs is 6. The summed E-state index contributed by atoms with van der Waals surface area (Å²) in [7, 11) is 0. The van der Waals surface area contributed by atoms with Gasteiger partial charge in [-0.3, -0.25) is 0 Å². The molecule has 0 saturated carbocycles. The van der Waals surface area contributed by atoms with E-state index in [9.17, 15) is 0 Å². The monoisotopic (exact) mass is 597 g/mol. The highest BCUT2D eigenvalue weighted by atomic mass is 15.2. The normalized spacial score (nSPS) is 12.2. The van der Waals surface area contributed by atoms with Crippen LogP contribution >= 0.6 is 0 Å². The van der Waals surface area contributed by atoms with E-state index in [0.29, 0.717) is 0 Å². The molecule has 0 bridgehead atoms. The first-order chi connectivity index (χ1) is 23.3. The van der Waals surface area contributed by atoms with E-state index < -0.39 is 0 Å². The van der Waals surface area contributed by atoms with Crippen molar-refractivity contribution in [1.82, 2.24) is 9.97 Å². The minimum absolute atomic E-state index is 0.877. The summed E-state index contributed by atoms with van der Waals surface area (Å²) in [6.07, 6.45) is 0. The molecule has 0 radical (unpaired) electrons. The van der Waals surface area contributed by atoms with Crippen molar-refractivity contribution < 1.29 is 0 Å². The van der Waals surface area contributed by atoms with Crippen molar-refractivity contribution in [2.75, 3.05) is 4.90 Å². The molecular weight excluding hydrogens is 571 g/mol. The molecule has 0 fully saturated rings. The van der Waals surface area contributed by atoms with Gasteiger partial charge < -0.3 is 4.90 Å². The molecule has 9 aromatic rings. The Kier molecular flexibility index (Phi) is 5.57. The number of aromatic nitrogens is 2. The predicted octanol–water partition coefficient (Wildman–Crippen LogP) is 11.9. The van der Waals surface area contributed by atoms with Gasteiger partial charge in [-0.2, -0.15) is 0 Å². The van der Waals surface area contributed by atoms with Gasteiger partial charge >= 0.3 is 0 Å². The highest BCUT2D eigenvalue weighted by Crippen LogP contribution is 2.51. The van der Waals surface area contributed by atoms with Crippen molar-refractivity contribution in [2.24, 2.45) is 0 Å². The summed E-state index contributed by atoms with van der Waals surface area (Å²) in [5, 5.41) is 7.35. The molecule has 0 amide bonds. The van der Waals surface area contributed by atoms with Gasteiger partial charge in [0.05, 0.1) is 33.8 Å². The maximum absolute atomic E-state index is 5.30. The van der Waals surface area contributed by atoms with E-state index in [2.05, 4.69) is 144 Å². The van der Waals surface area contributed by atoms with Crippen LogP contribution < -0.4 is 4.90 Å². The molecule has 0 spiro atoms. The second-order valence-electron chi connectivity index (χ2n) is 12.2. The Balaban J connectivity index is 1.18. The average Bonchev–Trinajstić information content (AvgIpc) is 3.14. The molecule has 1 aromatic heterocycles. The molecule has 0 unspecified atom stereocenters. The minimum atomic E-state index is 0.877. The Morgan fingerprint density at radius 3 is 1.81 bits per heavy atom. The van der Waals surface area contributed by atoms with Crippen molar-refractivity contribution >= 4 is 60.4 Å². The van der Waals surface area contributed by atoms with Gasteiger partial charge in [-0.15, -0.1) is 0 Å². The quantitative estimate of drug-likeness (QED) is 0.190. The third kappa shape index (κ3) is 3.93. The Hall–Kier alpha value is -6.32. The third-order valence-corrected chi connectivity index (χ3v) is 9.55. The second kappa shape index (κ2) is 10.1. The van der Waals surface area contributed by atoms with E-state index in [-0.39, 0.29) is 0 Å². The number of para-hydroxylation sites is 3. The zero-order valence-corrected chi connectivity index (χ0v) is 25.4. The summed E-state index contributed by atoms with van der Waals surface area (Å²) < 4.78 is 0. The molecule has 8 aromatic carbocycles. The first-order valence-electron chi connectivity index (χ1n) is 16.0. The molecule has 3 nitrogen and oxygen atoms in total. The summed E-state index contributed by atoms with van der Waals surface area (Å²) in [5.74, 6) is 0. The van der Waals surface area contributed by atoms with Crippen LogP contribution in [0.4, 0.5) is 17.1 Å². The summed E-state index contributed by atoms with van der Waals surface area (Å²) in [5.41, 5.74) is 11.7. The van der Waals surface area contributed by atoms with E-state index in [1.807, 2.05) is 24.3 Å². The smallest absolute Gasteiger partial charge is 0.0979 e. The fourth-order valence-corrected chi connectivity index (χ4v) is 7.44. The predicted molar refractivity (Wildman–Crippen MR) is 197 cm³/mol. The van der Waals surface area contributed by atoms with Crippen LogP contribution in [-0.2, 0) is 0 Å². The van der Waals surface area contributed by atoms with Crippen LogP contribution in [-0.4, -0.2) is 9.97 Å². The number of nitrogens with zero attached hydrogens (tertiary/aromatic N) is 3. The highest BCUT2D eigenvalue weighted by molar-refractivity contribution is 6.15. The number of rotatable bonds is 3. The van der Waals surface area contributed by atoms with Gasteiger partial charge in [0.1, 0.15) is 0 Å². The van der Waals surface area contributed by atoms with Crippen molar-refractivity contribution in [3.8, 4) is 33.6 Å². The van der Waals surface area contributed by atoms with Crippen molar-refractivity contribution in [3.63, 3.8) is 0 Å². The van der Waals surface area contributed by atoms with E-state index in [1.165, 1.54) is 54.8 Å². The standard InChI is InChI=1S/C44H27N3/c1-2-14-32-30(11-1)27-37(34-16-4-3-15-33(32)34)44-43(45-38-19-6-7-20-39(38)46-44)29-23-25-31(26-24-29)47-40-21-8-5-17-35(40)36-18-9-12-28-13-10-22-41(47)42(28)36/h1-27H. The molecule has 0 saturated heterocycles. The molecule has 0 atom stereocenters. The second-order valence-corrected chi connectivity index (χ2v) is 12.2. The molecule has 3 heteroatoms. The zero-order valence-electron chi connectivity index (χ0n) is 25.4. The SMILES string of the molecule is c1ccc2c(c1)-c1cccc3cccc(c13)N2c1ccc(-c2nc3ccccc3nc2-c2cc3ccccc3c3ccccc23)cc1. The first kappa shape index (κ1) is 26.0. The summed E-state index contributed by atoms with van der Waals surface area (Å²) in [6, 6.07) is 58.4. The van der Waals surface area contributed by atoms with Gasteiger partial charge in [-0.05, 0) is 75.0 Å². The minimum Gasteiger partial charge on any atom is -0.309 e. The Morgan fingerprint density at radius 1 is 0.383 bits per heavy atom. The van der Waals surface area contributed by atoms with Crippen LogP contribution in [0, 0.1) is 0 Å². The fourth-order valence-electron chi connectivity index (χ4n) is 7.44. The van der Waals surface area contributed by atoms with Gasteiger partial charge in [0, 0.05) is 27.8 Å². The van der Waals surface area contributed by atoms with Gasteiger partial charge in [0.25, 0.3) is 0 Å². The number of hydrogen-bond donors (Lipinski definition) is 0. The molecule has 1 aliphatic rings. The summed E-state index contributed by atoms with van der Waals surface area (Å²) in [4.78, 5) is 13.0. The summed E-state index contributed by atoms with van der Waals surface area (Å²) in [6.45, 7) is 0. The molecule has 10 rings (SSSR count). The van der Waals surface area contributed by atoms with Crippen LogP contribution in [0.25, 0.3) is 77.0 Å². The number of benzene rings is 8. The van der Waals surface area contributed by atoms with Crippen molar-refractivity contribution in [2.45, 2.75) is 0 Å². The number of hydrogen-bond acceptors (Lipinski definition) is 3. The number of anilines is 3. The Labute approximate surface area is 272 Å². The van der Waals surface area contributed by atoms with Crippen molar-refractivity contribution in [3.05, 3.63) is 164 Å². The maximum atomic E-state index is 5.30. The topological polar surface area (TPSA) is 29.0 Å². The lowest BCUT2D eigenvalue weighted by Gasteiger charge is -2.33. The Morgan fingerprint density at radius 2 is 0.979 bits per heavy atom. The van der Waals surface area contributed by atoms with E-state index >= 15 is 0 Å². The lowest BCUT2D eigenvalue weighted by atomic mass is 9.91. The molecule has 0 N–H and O–H groups in total. The van der Waals surface area contributed by atoms with Crippen LogP contribution in [0.1, 0.15) is 0 Å². The first-order valence-corrected chi connectivity index (χ1v) is 16.0. The summed E-state index contributed by atoms with van der Waals surface area (Å²) >= 11 is 0. The average molecular weight is 598 g/mol. The van der Waals surface area contributed by atoms with Crippen LogP contribution in [0.3, 0.4) is 0 Å². The lowest BCUT2D eigenvalue weighted by Crippen LogP contribution is -2.14. The lowest BCUT2D eigenvalue weighted by molar-refractivity contribution is 1.27. The third-order valence-electron chi connectivity index (χ3n) is 9.55. The maximum Gasteiger partial charge on any atom is 0.0979 e. The van der Waals surface area contributed by atoms with Crippen molar-refractivity contribution in [1.29, 1.82) is 0 Å². The van der Waals surface area contributed by atoms with Gasteiger partial charge in [0.2, 0.25) is 0 Å². The van der Waals surface area contributed by atoms with Gasteiger partial charge in [-0.25, -0.2) is 9.97 Å². The largest absolute Gasteiger partial charge is 0.309 e. The zero-order chi connectivity index (χ0) is 30.9. The van der Waals surface area contributed by atoms with E-state index in [1.54, 1.807) is 0 Å². The molecule has 218 valence electrons. The van der Waals surface area contributed by atoms with E-state index in [4.69, 9.17) is 9.97 Å². The molecule has 0 aliphatic carbocycles. The van der Waals surface area contributed by atoms with Crippen LogP contribution in [0.2, 0.25) is 0 Å². The van der Waals surface area contributed by atoms with E-state index in [0.717, 1.165) is 39.2 Å². The molecule has 2 heterocycles. The molecular formula is C44H27N3. The van der Waals surface area contributed by atoms with Crippen LogP contribution in [0.5, 0.6) is 0 Å². The Bertz CT molecular complexity index is 2690. The fraction of sp³-hybridized carbons (Fsp3) is 0. The highest BCUT2D eigenvalue weighted by Gasteiger charge is 2.26. The molecule has 47 heavy (non-hydrogen) atoms. The van der Waals surface area contributed by atoms with Gasteiger partial charge in [-0.1, -0.05) is 121 Å². The van der Waals surface area contributed by atoms with Crippen LogP contribution in [0.15, 0.2) is 164 Å².